The number of nitrogens with one attached hydrogen (secondary N) is 1. The number of nitrogens with two attached hydrogens (primary N) is 1. The fourth-order valence-corrected chi connectivity index (χ4v) is 4.99. The number of H-pyrrole nitrogens is 1. The van der Waals surface area contributed by atoms with Crippen LogP contribution in [0.15, 0.2) is 23.0 Å². The van der Waals surface area contributed by atoms with Crippen LogP contribution in [-0.4, -0.2) is 65.7 Å². The van der Waals surface area contributed by atoms with E-state index in [-0.39, 0.29) is 36.3 Å². The maximum absolute atomic E-state index is 13.0. The highest BCUT2D eigenvalue weighted by Gasteiger charge is 2.23. The van der Waals surface area contributed by atoms with Gasteiger partial charge in [-0.1, -0.05) is 0 Å². The van der Waals surface area contributed by atoms with Crippen LogP contribution in [-0.2, 0) is 12.2 Å². The number of aromatic nitrogens is 1. The van der Waals surface area contributed by atoms with Gasteiger partial charge in [-0.25, -0.2) is 0 Å². The zero-order valence-corrected chi connectivity index (χ0v) is 18.8. The van der Waals surface area contributed by atoms with Crippen molar-refractivity contribution in [1.82, 2.24) is 14.8 Å². The van der Waals surface area contributed by atoms with E-state index >= 15 is 0 Å². The first kappa shape index (κ1) is 24.0. The minimum atomic E-state index is 0. The first-order valence-electron chi connectivity index (χ1n) is 9.64. The van der Waals surface area contributed by atoms with Crippen LogP contribution in [0.25, 0.3) is 10.9 Å². The van der Waals surface area contributed by atoms with E-state index in [2.05, 4.69) is 9.88 Å². The molecule has 2 aliphatic rings. The van der Waals surface area contributed by atoms with Gasteiger partial charge in [0.15, 0.2) is 0 Å². The summed E-state index contributed by atoms with van der Waals surface area (Å²) < 4.78 is 0. The average molecular weight is 459 g/mol. The molecule has 6 nitrogen and oxygen atoms in total. The van der Waals surface area contributed by atoms with Crippen molar-refractivity contribution in [3.63, 3.8) is 0 Å². The van der Waals surface area contributed by atoms with Crippen LogP contribution in [0, 0.1) is 0 Å². The number of aryl methyl sites for hydroxylation is 1. The molecule has 160 valence electrons. The lowest BCUT2D eigenvalue weighted by atomic mass is 9.99. The number of rotatable bonds is 4. The number of amides is 1. The van der Waals surface area contributed by atoms with E-state index in [0.29, 0.717) is 12.1 Å². The van der Waals surface area contributed by atoms with Gasteiger partial charge in [-0.2, -0.15) is 11.8 Å². The van der Waals surface area contributed by atoms with Crippen molar-refractivity contribution in [2.75, 3.05) is 45.0 Å². The molecule has 9 heteroatoms. The van der Waals surface area contributed by atoms with E-state index in [0.717, 1.165) is 79.1 Å². The van der Waals surface area contributed by atoms with Gasteiger partial charge in [0.1, 0.15) is 0 Å². The molecule has 1 amide bonds. The van der Waals surface area contributed by atoms with Gasteiger partial charge >= 0.3 is 0 Å². The molecule has 4 rings (SSSR count). The number of carbonyl (C=O) groups is 1. The molecule has 1 aromatic heterocycles. The van der Waals surface area contributed by atoms with Crippen LogP contribution in [0.1, 0.15) is 27.9 Å². The molecule has 0 spiro atoms. The van der Waals surface area contributed by atoms with Crippen LogP contribution >= 0.6 is 36.6 Å². The van der Waals surface area contributed by atoms with Crippen molar-refractivity contribution in [2.45, 2.75) is 18.6 Å². The van der Waals surface area contributed by atoms with Crippen molar-refractivity contribution in [2.24, 2.45) is 5.73 Å². The third-order valence-electron chi connectivity index (χ3n) is 5.56. The third kappa shape index (κ3) is 5.09. The standard InChI is InChI=1S/C20H26N4O2S.2ClH/c21-5-1-6-23-7-9-24(10-8-23)20(26)14-2-3-18-16(12-14)15-4-11-27-13-17(15)19(25)22-18;;/h2-3,12H,1,4-11,13,21H2,(H,22,25);2*1H. The van der Waals surface area contributed by atoms with Crippen molar-refractivity contribution in [3.8, 4) is 0 Å². The van der Waals surface area contributed by atoms with Gasteiger partial charge in [-0.3, -0.25) is 14.5 Å². The van der Waals surface area contributed by atoms with E-state index in [9.17, 15) is 9.59 Å². The Morgan fingerprint density at radius 3 is 2.62 bits per heavy atom. The normalized spacial score (nSPS) is 16.7. The van der Waals surface area contributed by atoms with Gasteiger partial charge < -0.3 is 15.6 Å². The molecule has 2 aromatic rings. The van der Waals surface area contributed by atoms with E-state index in [1.54, 1.807) is 11.8 Å². The molecule has 3 heterocycles. The number of thioether (sulfide) groups is 1. The molecule has 2 aliphatic heterocycles. The summed E-state index contributed by atoms with van der Waals surface area (Å²) in [5, 5.41) is 1.03. The lowest BCUT2D eigenvalue weighted by Crippen LogP contribution is -2.49. The Morgan fingerprint density at radius 2 is 1.90 bits per heavy atom. The third-order valence-corrected chi connectivity index (χ3v) is 6.54. The van der Waals surface area contributed by atoms with Crippen molar-refractivity contribution >= 4 is 53.4 Å². The highest BCUT2D eigenvalue weighted by atomic mass is 35.5. The molecule has 0 unspecified atom stereocenters. The molecule has 0 aliphatic carbocycles. The summed E-state index contributed by atoms with van der Waals surface area (Å²) in [4.78, 5) is 32.6. The zero-order valence-electron chi connectivity index (χ0n) is 16.3. The van der Waals surface area contributed by atoms with Gasteiger partial charge in [0.25, 0.3) is 11.5 Å². The van der Waals surface area contributed by atoms with E-state index in [1.165, 1.54) is 0 Å². The first-order valence-corrected chi connectivity index (χ1v) is 10.8. The number of carbonyl (C=O) groups excluding carboxylic acids is 1. The smallest absolute Gasteiger partial charge is 0.253 e. The quantitative estimate of drug-likeness (QED) is 0.733. The molecular formula is C20H28Cl2N4O2S. The maximum atomic E-state index is 13.0. The Balaban J connectivity index is 0.00000150. The van der Waals surface area contributed by atoms with Gasteiger partial charge in [-0.05, 0) is 55.4 Å². The number of halogens is 2. The van der Waals surface area contributed by atoms with E-state index < -0.39 is 0 Å². The molecule has 1 fully saturated rings. The highest BCUT2D eigenvalue weighted by Crippen LogP contribution is 2.28. The Labute approximate surface area is 187 Å². The number of fused-ring (bicyclic) bond motifs is 3. The minimum absolute atomic E-state index is 0. The number of aromatic amines is 1. The highest BCUT2D eigenvalue weighted by molar-refractivity contribution is 7.98. The fraction of sp³-hybridized carbons (Fsp3) is 0.500. The molecule has 0 atom stereocenters. The number of nitrogens with zero attached hydrogens (tertiary/aromatic N) is 2. The van der Waals surface area contributed by atoms with Crippen molar-refractivity contribution in [3.05, 3.63) is 45.2 Å². The molecule has 1 saturated heterocycles. The second-order valence-corrected chi connectivity index (χ2v) is 8.36. The first-order chi connectivity index (χ1) is 13.2. The topological polar surface area (TPSA) is 82.4 Å². The summed E-state index contributed by atoms with van der Waals surface area (Å²) in [6, 6.07) is 5.69. The summed E-state index contributed by atoms with van der Waals surface area (Å²) in [5.74, 6) is 1.86. The van der Waals surface area contributed by atoms with Gasteiger partial charge in [0, 0.05) is 54.0 Å². The Bertz CT molecular complexity index is 913. The lowest BCUT2D eigenvalue weighted by Gasteiger charge is -2.34. The molecular weight excluding hydrogens is 431 g/mol. The predicted octanol–water partition coefficient (Wildman–Crippen LogP) is 2.27. The maximum Gasteiger partial charge on any atom is 0.253 e. The molecule has 1 aromatic carbocycles. The number of hydrogen-bond donors (Lipinski definition) is 2. The number of benzene rings is 1. The van der Waals surface area contributed by atoms with Gasteiger partial charge in [0.05, 0.1) is 0 Å². The van der Waals surface area contributed by atoms with E-state index in [1.807, 2.05) is 23.1 Å². The lowest BCUT2D eigenvalue weighted by molar-refractivity contribution is 0.0637. The average Bonchev–Trinajstić information content (AvgIpc) is 2.72. The monoisotopic (exact) mass is 458 g/mol. The summed E-state index contributed by atoms with van der Waals surface area (Å²) in [5.41, 5.74) is 9.13. The van der Waals surface area contributed by atoms with Crippen LogP contribution in [0.5, 0.6) is 0 Å². The zero-order chi connectivity index (χ0) is 18.8. The summed E-state index contributed by atoms with van der Waals surface area (Å²) in [6.45, 7) is 5.02. The SMILES string of the molecule is Cl.Cl.NCCCN1CCN(C(=O)c2ccc3[nH]c(=O)c4c(c3c2)CCSC4)CC1. The van der Waals surface area contributed by atoms with Crippen LogP contribution < -0.4 is 11.3 Å². The Kier molecular flexibility index (Phi) is 8.85. The molecule has 0 saturated carbocycles. The van der Waals surface area contributed by atoms with Crippen LogP contribution in [0.3, 0.4) is 0 Å². The van der Waals surface area contributed by atoms with Gasteiger partial charge in [0.2, 0.25) is 0 Å². The van der Waals surface area contributed by atoms with Crippen molar-refractivity contribution < 1.29 is 4.79 Å². The van der Waals surface area contributed by atoms with Crippen LogP contribution in [0.4, 0.5) is 0 Å². The second-order valence-electron chi connectivity index (χ2n) is 7.25. The Morgan fingerprint density at radius 1 is 1.14 bits per heavy atom. The number of pyridine rings is 1. The number of hydrogen-bond acceptors (Lipinski definition) is 5. The largest absolute Gasteiger partial charge is 0.336 e. The molecule has 0 bridgehead atoms. The predicted molar refractivity (Wildman–Crippen MR) is 125 cm³/mol. The summed E-state index contributed by atoms with van der Waals surface area (Å²) in [6.07, 6.45) is 1.89. The van der Waals surface area contributed by atoms with Crippen molar-refractivity contribution in [1.29, 1.82) is 0 Å². The van der Waals surface area contributed by atoms with Gasteiger partial charge in [-0.15, -0.1) is 24.8 Å². The molecule has 29 heavy (non-hydrogen) atoms. The number of piperazine rings is 1. The fourth-order valence-electron chi connectivity index (χ4n) is 3.99. The molecule has 0 radical (unpaired) electrons. The molecule has 3 N–H and O–H groups in total. The Hall–Kier alpha value is -1.25. The second kappa shape index (κ2) is 10.7. The summed E-state index contributed by atoms with van der Waals surface area (Å²) >= 11 is 1.79. The van der Waals surface area contributed by atoms with Crippen LogP contribution in [0.2, 0.25) is 0 Å². The summed E-state index contributed by atoms with van der Waals surface area (Å²) in [7, 11) is 0. The minimum Gasteiger partial charge on any atom is -0.336 e. The van der Waals surface area contributed by atoms with E-state index in [4.69, 9.17) is 5.73 Å².